The maximum atomic E-state index is 12.0. The van der Waals surface area contributed by atoms with Crippen LogP contribution in [0.1, 0.15) is 13.3 Å². The monoisotopic (exact) mass is 375 g/mol. The van der Waals surface area contributed by atoms with Crippen LogP contribution in [0, 0.1) is 12.3 Å². The minimum Gasteiger partial charge on any atom is -0.480 e. The average Bonchev–Trinajstić information content (AvgIpc) is 2.37. The van der Waals surface area contributed by atoms with E-state index in [4.69, 9.17) is 33.6 Å². The van der Waals surface area contributed by atoms with Gasteiger partial charge in [-0.3, -0.25) is 9.36 Å². The van der Waals surface area contributed by atoms with Crippen LogP contribution in [0.3, 0.4) is 0 Å². The van der Waals surface area contributed by atoms with Crippen molar-refractivity contribution in [3.63, 3.8) is 0 Å². The molecule has 0 radical (unpaired) electrons. The van der Waals surface area contributed by atoms with E-state index in [-0.39, 0.29) is 18.8 Å². The van der Waals surface area contributed by atoms with Crippen LogP contribution in [0.25, 0.3) is 0 Å². The van der Waals surface area contributed by atoms with Crippen molar-refractivity contribution in [1.29, 1.82) is 0 Å². The number of carboxylic acid groups (broad SMARTS) is 1. The summed E-state index contributed by atoms with van der Waals surface area (Å²) in [5, 5.41) is 8.60. The molecule has 0 aliphatic carbocycles. The molecule has 0 fully saturated rings. The molecule has 120 valence electrons. The molecule has 0 aromatic carbocycles. The van der Waals surface area contributed by atoms with Crippen molar-refractivity contribution in [1.82, 2.24) is 4.90 Å². The summed E-state index contributed by atoms with van der Waals surface area (Å²) in [5.74, 6) is -2.62. The second-order valence-electron chi connectivity index (χ2n) is 3.78. The van der Waals surface area contributed by atoms with Crippen molar-refractivity contribution in [3.8, 4) is 12.3 Å². The molecule has 0 aliphatic heterocycles. The first-order chi connectivity index (χ1) is 9.72. The Balaban J connectivity index is 5.10. The summed E-state index contributed by atoms with van der Waals surface area (Å²) in [6.45, 7) is 2.30. The van der Waals surface area contributed by atoms with E-state index in [1.165, 1.54) is 0 Å². The molecule has 1 unspecified atom stereocenters. The first kappa shape index (κ1) is 20.6. The predicted molar refractivity (Wildman–Crippen MR) is 85.2 cm³/mol. The van der Waals surface area contributed by atoms with Gasteiger partial charge in [0.15, 0.2) is 0 Å². The third-order valence-electron chi connectivity index (χ3n) is 2.23. The predicted octanol–water partition coefficient (Wildman–Crippen LogP) is 3.28. The van der Waals surface area contributed by atoms with Crippen molar-refractivity contribution in [2.24, 2.45) is 0 Å². The van der Waals surface area contributed by atoms with Gasteiger partial charge >= 0.3 is 5.97 Å². The summed E-state index contributed by atoms with van der Waals surface area (Å²) in [6.07, 6.45) is 4.52. The first-order valence-corrected chi connectivity index (χ1v) is 10.6. The van der Waals surface area contributed by atoms with Gasteiger partial charge in [-0.25, -0.2) is 4.79 Å². The maximum Gasteiger partial charge on any atom is 0.326 e. The Bertz CT molecular complexity index is 450. The molecule has 1 atom stereocenters. The topological polar surface area (TPSA) is 83.9 Å². The molecule has 0 bridgehead atoms. The summed E-state index contributed by atoms with van der Waals surface area (Å²) in [6, 6.07) is -1.24. The first-order valence-electron chi connectivity index (χ1n) is 5.88. The fourth-order valence-corrected chi connectivity index (χ4v) is 3.43. The molecule has 10 heteroatoms. The van der Waals surface area contributed by atoms with Crippen molar-refractivity contribution >= 4 is 51.3 Å². The van der Waals surface area contributed by atoms with Gasteiger partial charge in [0.25, 0.3) is 11.1 Å². The number of carbonyl (C=O) groups excluding carboxylic acids is 1. The molecule has 0 aliphatic rings. The lowest BCUT2D eigenvalue weighted by molar-refractivity contribution is -0.142. The number of carboxylic acids is 1. The Morgan fingerprint density at radius 2 is 2.14 bits per heavy atom. The largest absolute Gasteiger partial charge is 0.480 e. The zero-order valence-electron chi connectivity index (χ0n) is 11.3. The summed E-state index contributed by atoms with van der Waals surface area (Å²) in [5.41, 5.74) is 0. The van der Waals surface area contributed by atoms with Gasteiger partial charge in [-0.15, -0.1) is 6.42 Å². The van der Waals surface area contributed by atoms with Crippen LogP contribution >= 0.6 is 40.1 Å². The molecule has 0 saturated heterocycles. The van der Waals surface area contributed by atoms with E-state index in [1.807, 2.05) is 0 Å². The third-order valence-corrected chi connectivity index (χ3v) is 4.30. The SMILES string of the molecule is C#CCSC(=O)N(CP(=O)(Cl)Cl)C(CCOCC)C(=O)O. The Kier molecular flexibility index (Phi) is 10.2. The molecular formula is C11H16Cl2NO5PS. The molecule has 0 heterocycles. The summed E-state index contributed by atoms with van der Waals surface area (Å²) in [4.78, 5) is 24.2. The van der Waals surface area contributed by atoms with E-state index in [0.717, 1.165) is 16.7 Å². The molecule has 21 heavy (non-hydrogen) atoms. The van der Waals surface area contributed by atoms with Crippen molar-refractivity contribution in [3.05, 3.63) is 0 Å². The number of nitrogens with zero attached hydrogens (tertiary/aromatic N) is 1. The maximum absolute atomic E-state index is 12.0. The van der Waals surface area contributed by atoms with Crippen LogP contribution in [-0.4, -0.2) is 52.5 Å². The Morgan fingerprint density at radius 1 is 1.52 bits per heavy atom. The van der Waals surface area contributed by atoms with Crippen LogP contribution in [0.4, 0.5) is 4.79 Å². The van der Waals surface area contributed by atoms with Crippen LogP contribution in [0.15, 0.2) is 0 Å². The minimum absolute atomic E-state index is 0.0271. The van der Waals surface area contributed by atoms with Crippen molar-refractivity contribution in [2.45, 2.75) is 19.4 Å². The van der Waals surface area contributed by atoms with Crippen LogP contribution in [-0.2, 0) is 14.1 Å². The highest BCUT2D eigenvalue weighted by molar-refractivity contribution is 8.13. The van der Waals surface area contributed by atoms with E-state index >= 15 is 0 Å². The van der Waals surface area contributed by atoms with E-state index in [0.29, 0.717) is 6.61 Å². The van der Waals surface area contributed by atoms with E-state index in [9.17, 15) is 19.3 Å². The fraction of sp³-hybridized carbons (Fsp3) is 0.636. The fourth-order valence-electron chi connectivity index (χ4n) is 1.40. The van der Waals surface area contributed by atoms with Gasteiger partial charge in [-0.1, -0.05) is 17.7 Å². The average molecular weight is 376 g/mol. The molecule has 0 aromatic rings. The Hall–Kier alpha value is -0.380. The number of halogens is 2. The lowest BCUT2D eigenvalue weighted by atomic mass is 10.2. The van der Waals surface area contributed by atoms with Crippen molar-refractivity contribution < 1.29 is 24.0 Å². The number of rotatable bonds is 9. The normalized spacial score (nSPS) is 12.5. The standard InChI is InChI=1S/C11H16Cl2NO5PS/c1-3-7-21-11(17)14(8-20(12,13)18)9(10(15)16)5-6-19-4-2/h1,9H,4-8H2,2H3,(H,15,16). The molecule has 0 spiro atoms. The molecule has 0 aromatic heterocycles. The number of ether oxygens (including phenoxy) is 1. The molecular weight excluding hydrogens is 360 g/mol. The highest BCUT2D eigenvalue weighted by atomic mass is 35.9. The zero-order chi connectivity index (χ0) is 16.5. The second kappa shape index (κ2) is 10.4. The van der Waals surface area contributed by atoms with Gasteiger partial charge in [0.1, 0.15) is 12.3 Å². The minimum atomic E-state index is -3.66. The highest BCUT2D eigenvalue weighted by Crippen LogP contribution is 2.57. The Labute approximate surface area is 137 Å². The van der Waals surface area contributed by atoms with E-state index in [1.54, 1.807) is 6.92 Å². The molecule has 6 nitrogen and oxygen atoms in total. The summed E-state index contributed by atoms with van der Waals surface area (Å²) < 4.78 is 16.6. The number of aliphatic carboxylic acids is 1. The van der Waals surface area contributed by atoms with Crippen LogP contribution < -0.4 is 0 Å². The quantitative estimate of drug-likeness (QED) is 0.378. The number of carbonyl (C=O) groups is 2. The van der Waals surface area contributed by atoms with Crippen LogP contribution in [0.2, 0.25) is 0 Å². The smallest absolute Gasteiger partial charge is 0.326 e. The summed E-state index contributed by atoms with van der Waals surface area (Å²) >= 11 is 11.7. The number of hydrogen-bond donors (Lipinski definition) is 1. The summed E-state index contributed by atoms with van der Waals surface area (Å²) in [7, 11) is 0. The van der Waals surface area contributed by atoms with E-state index < -0.39 is 29.4 Å². The molecule has 0 saturated carbocycles. The van der Waals surface area contributed by atoms with Crippen molar-refractivity contribution in [2.75, 3.05) is 25.3 Å². The number of amides is 1. The third kappa shape index (κ3) is 9.28. The highest BCUT2D eigenvalue weighted by Gasteiger charge is 2.34. The number of terminal acetylenes is 1. The lowest BCUT2D eigenvalue weighted by Crippen LogP contribution is -2.44. The van der Waals surface area contributed by atoms with Gasteiger partial charge in [-0.05, 0) is 29.4 Å². The molecule has 1 amide bonds. The number of thioether (sulfide) groups is 1. The zero-order valence-corrected chi connectivity index (χ0v) is 14.6. The van der Waals surface area contributed by atoms with Gasteiger partial charge < -0.3 is 14.7 Å². The number of hydrogen-bond acceptors (Lipinski definition) is 5. The lowest BCUT2D eigenvalue weighted by Gasteiger charge is -2.28. The van der Waals surface area contributed by atoms with Gasteiger partial charge in [0.05, 0.1) is 5.75 Å². The van der Waals surface area contributed by atoms with Gasteiger partial charge in [0, 0.05) is 19.6 Å². The van der Waals surface area contributed by atoms with Crippen LogP contribution in [0.5, 0.6) is 0 Å². The van der Waals surface area contributed by atoms with Gasteiger partial charge in [-0.2, -0.15) is 0 Å². The Morgan fingerprint density at radius 3 is 2.57 bits per heavy atom. The van der Waals surface area contributed by atoms with Gasteiger partial charge in [0.2, 0.25) is 0 Å². The van der Waals surface area contributed by atoms with E-state index in [2.05, 4.69) is 5.92 Å². The second-order valence-corrected chi connectivity index (χ2v) is 9.92. The molecule has 0 rings (SSSR count). The molecule has 1 N–H and O–H groups in total.